The maximum absolute atomic E-state index is 11.4. The molecule has 0 aliphatic heterocycles. The number of carbonyl (C=O) groups excluding carboxylic acids is 1. The van der Waals surface area contributed by atoms with Crippen LogP contribution in [0.15, 0.2) is 0 Å². The molecule has 0 aromatic rings. The van der Waals surface area contributed by atoms with Gasteiger partial charge in [0.2, 0.25) is 0 Å². The van der Waals surface area contributed by atoms with Crippen molar-refractivity contribution in [3.8, 4) is 0 Å². The SMILES string of the molecule is CNC(CC(C)[C@H](O)CO)[C@@H](C)CC(OC)C(C)=O. The van der Waals surface area contributed by atoms with E-state index < -0.39 is 6.10 Å². The molecule has 114 valence electrons. The summed E-state index contributed by atoms with van der Waals surface area (Å²) in [7, 11) is 3.42. The molecule has 0 aromatic carbocycles. The molecule has 0 aliphatic carbocycles. The van der Waals surface area contributed by atoms with E-state index in [1.165, 1.54) is 6.92 Å². The highest BCUT2D eigenvalue weighted by Crippen LogP contribution is 2.21. The van der Waals surface area contributed by atoms with Crippen LogP contribution in [0.3, 0.4) is 0 Å². The predicted molar refractivity (Wildman–Crippen MR) is 75.0 cm³/mol. The Balaban J connectivity index is 4.46. The summed E-state index contributed by atoms with van der Waals surface area (Å²) >= 11 is 0. The molecular weight excluding hydrogens is 246 g/mol. The molecule has 0 saturated carbocycles. The van der Waals surface area contributed by atoms with Gasteiger partial charge in [0.15, 0.2) is 5.78 Å². The minimum atomic E-state index is -0.700. The zero-order valence-electron chi connectivity index (χ0n) is 12.7. The second kappa shape index (κ2) is 9.42. The van der Waals surface area contributed by atoms with Crippen molar-refractivity contribution >= 4 is 5.78 Å². The molecule has 19 heavy (non-hydrogen) atoms. The number of Topliss-reactive ketones (excluding diaryl/α,β-unsaturated/α-hetero) is 1. The molecule has 0 aromatic heterocycles. The molecule has 0 spiro atoms. The van der Waals surface area contributed by atoms with Crippen LogP contribution < -0.4 is 5.32 Å². The van der Waals surface area contributed by atoms with Crippen molar-refractivity contribution < 1.29 is 19.7 Å². The van der Waals surface area contributed by atoms with Crippen molar-refractivity contribution in [3.05, 3.63) is 0 Å². The maximum atomic E-state index is 11.4. The molecule has 0 heterocycles. The van der Waals surface area contributed by atoms with Gasteiger partial charge in [-0.2, -0.15) is 0 Å². The van der Waals surface area contributed by atoms with Crippen molar-refractivity contribution in [2.24, 2.45) is 11.8 Å². The van der Waals surface area contributed by atoms with Gasteiger partial charge in [0.25, 0.3) is 0 Å². The highest BCUT2D eigenvalue weighted by atomic mass is 16.5. The van der Waals surface area contributed by atoms with Crippen LogP contribution in [0.5, 0.6) is 0 Å². The van der Waals surface area contributed by atoms with Crippen molar-refractivity contribution in [3.63, 3.8) is 0 Å². The highest BCUT2D eigenvalue weighted by Gasteiger charge is 2.25. The number of hydrogen-bond acceptors (Lipinski definition) is 5. The largest absolute Gasteiger partial charge is 0.394 e. The molecule has 0 bridgehead atoms. The summed E-state index contributed by atoms with van der Waals surface area (Å²) in [4.78, 5) is 11.4. The molecule has 5 nitrogen and oxygen atoms in total. The first-order valence-electron chi connectivity index (χ1n) is 6.86. The van der Waals surface area contributed by atoms with Crippen molar-refractivity contribution in [2.75, 3.05) is 20.8 Å². The molecule has 0 rings (SSSR count). The predicted octanol–water partition coefficient (Wildman–Crippen LogP) is 0.584. The standard InChI is InChI=1S/C14H29NO4/c1-9(7-14(19-5)11(3)17)12(15-4)6-10(2)13(18)8-16/h9-10,12-16,18H,6-8H2,1-5H3/t9-,10?,12?,13+,14?/m0/s1. The molecule has 3 unspecified atom stereocenters. The van der Waals surface area contributed by atoms with Crippen LogP contribution in [0.4, 0.5) is 0 Å². The summed E-state index contributed by atoms with van der Waals surface area (Å²) in [5.41, 5.74) is 0. The van der Waals surface area contributed by atoms with Crippen LogP contribution in [0.1, 0.15) is 33.6 Å². The van der Waals surface area contributed by atoms with Gasteiger partial charge >= 0.3 is 0 Å². The van der Waals surface area contributed by atoms with Crippen LogP contribution in [0.25, 0.3) is 0 Å². The molecular formula is C14H29NO4. The fourth-order valence-corrected chi connectivity index (χ4v) is 2.30. The second-order valence-corrected chi connectivity index (χ2v) is 5.41. The normalized spacial score (nSPS) is 19.5. The average molecular weight is 275 g/mol. The second-order valence-electron chi connectivity index (χ2n) is 5.41. The van der Waals surface area contributed by atoms with Crippen molar-refractivity contribution in [2.45, 2.75) is 51.9 Å². The summed E-state index contributed by atoms with van der Waals surface area (Å²) < 4.78 is 5.18. The Morgan fingerprint density at radius 3 is 2.21 bits per heavy atom. The molecule has 0 aliphatic rings. The third-order valence-electron chi connectivity index (χ3n) is 3.85. The average Bonchev–Trinajstić information content (AvgIpc) is 2.39. The van der Waals surface area contributed by atoms with E-state index in [1.807, 2.05) is 14.0 Å². The summed E-state index contributed by atoms with van der Waals surface area (Å²) in [5.74, 6) is 0.281. The first-order chi connectivity index (χ1) is 8.87. The van der Waals surface area contributed by atoms with Crippen LogP contribution in [0.2, 0.25) is 0 Å². The minimum absolute atomic E-state index is 0.00298. The number of aliphatic hydroxyl groups is 2. The van der Waals surface area contributed by atoms with E-state index in [0.29, 0.717) is 6.42 Å². The van der Waals surface area contributed by atoms with Crippen molar-refractivity contribution in [1.82, 2.24) is 5.32 Å². The van der Waals surface area contributed by atoms with E-state index in [2.05, 4.69) is 12.2 Å². The topological polar surface area (TPSA) is 78.8 Å². The Labute approximate surface area is 116 Å². The molecule has 0 amide bonds. The number of rotatable bonds is 10. The van der Waals surface area contributed by atoms with E-state index in [4.69, 9.17) is 9.84 Å². The van der Waals surface area contributed by atoms with Crippen LogP contribution in [0, 0.1) is 11.8 Å². The molecule has 5 atom stereocenters. The van der Waals surface area contributed by atoms with Gasteiger partial charge in [-0.05, 0) is 38.6 Å². The van der Waals surface area contributed by atoms with Gasteiger partial charge in [0.05, 0.1) is 12.7 Å². The summed E-state index contributed by atoms with van der Waals surface area (Å²) in [6.45, 7) is 5.29. The Bertz CT molecular complexity index is 260. The summed E-state index contributed by atoms with van der Waals surface area (Å²) in [5, 5.41) is 21.8. The monoisotopic (exact) mass is 275 g/mol. The lowest BCUT2D eigenvalue weighted by molar-refractivity contribution is -0.127. The van der Waals surface area contributed by atoms with E-state index >= 15 is 0 Å². The first-order valence-corrected chi connectivity index (χ1v) is 6.86. The van der Waals surface area contributed by atoms with Gasteiger partial charge in [0, 0.05) is 13.2 Å². The highest BCUT2D eigenvalue weighted by molar-refractivity contribution is 5.80. The van der Waals surface area contributed by atoms with Gasteiger partial charge in [0.1, 0.15) is 6.10 Å². The lowest BCUT2D eigenvalue weighted by atomic mass is 9.86. The third-order valence-corrected chi connectivity index (χ3v) is 3.85. The molecule has 3 N–H and O–H groups in total. The number of methoxy groups -OCH3 is 1. The van der Waals surface area contributed by atoms with Crippen LogP contribution >= 0.6 is 0 Å². The Morgan fingerprint density at radius 1 is 1.26 bits per heavy atom. The van der Waals surface area contributed by atoms with Gasteiger partial charge in [-0.25, -0.2) is 0 Å². The Hall–Kier alpha value is -0.490. The van der Waals surface area contributed by atoms with E-state index in [9.17, 15) is 9.90 Å². The van der Waals surface area contributed by atoms with E-state index in [1.54, 1.807) is 7.11 Å². The number of hydrogen-bond donors (Lipinski definition) is 3. The quantitative estimate of drug-likeness (QED) is 0.544. The minimum Gasteiger partial charge on any atom is -0.394 e. The zero-order valence-corrected chi connectivity index (χ0v) is 12.7. The lowest BCUT2D eigenvalue weighted by Crippen LogP contribution is -2.39. The van der Waals surface area contributed by atoms with E-state index in [-0.39, 0.29) is 36.4 Å². The lowest BCUT2D eigenvalue weighted by Gasteiger charge is -2.29. The zero-order chi connectivity index (χ0) is 15.0. The van der Waals surface area contributed by atoms with Gasteiger partial charge < -0.3 is 20.3 Å². The van der Waals surface area contributed by atoms with Gasteiger partial charge in [-0.3, -0.25) is 4.79 Å². The molecule has 0 radical (unpaired) electrons. The summed E-state index contributed by atoms with van der Waals surface area (Å²) in [6, 6.07) is 0.174. The molecule has 5 heteroatoms. The number of aliphatic hydroxyl groups excluding tert-OH is 2. The number of ketones is 1. The summed E-state index contributed by atoms with van der Waals surface area (Å²) in [6.07, 6.45) is 0.325. The fraction of sp³-hybridized carbons (Fsp3) is 0.929. The number of nitrogens with one attached hydrogen (secondary N) is 1. The van der Waals surface area contributed by atoms with Crippen LogP contribution in [-0.4, -0.2) is 55.0 Å². The van der Waals surface area contributed by atoms with Gasteiger partial charge in [-0.1, -0.05) is 13.8 Å². The number of ether oxygens (including phenoxy) is 1. The first kappa shape index (κ1) is 18.5. The van der Waals surface area contributed by atoms with Crippen molar-refractivity contribution in [1.29, 1.82) is 0 Å². The third kappa shape index (κ3) is 6.47. The molecule has 0 saturated heterocycles. The Kier molecular flexibility index (Phi) is 9.18. The van der Waals surface area contributed by atoms with E-state index in [0.717, 1.165) is 6.42 Å². The number of carbonyl (C=O) groups is 1. The van der Waals surface area contributed by atoms with Gasteiger partial charge in [-0.15, -0.1) is 0 Å². The fourth-order valence-electron chi connectivity index (χ4n) is 2.30. The maximum Gasteiger partial charge on any atom is 0.158 e. The Morgan fingerprint density at radius 2 is 1.84 bits per heavy atom. The molecule has 0 fully saturated rings. The van der Waals surface area contributed by atoms with Crippen LogP contribution in [-0.2, 0) is 9.53 Å². The smallest absolute Gasteiger partial charge is 0.158 e.